The van der Waals surface area contributed by atoms with Gasteiger partial charge in [-0.25, -0.2) is 32.3 Å². The Hall–Kier alpha value is -4.51. The van der Waals surface area contributed by atoms with Crippen LogP contribution in [0.5, 0.6) is 0 Å². The van der Waals surface area contributed by atoms with Gasteiger partial charge in [-0.3, -0.25) is 9.58 Å². The van der Waals surface area contributed by atoms with Crippen LogP contribution in [0.3, 0.4) is 0 Å². The lowest BCUT2D eigenvalue weighted by atomic mass is 9.84. The number of fused-ring (bicyclic) bond motifs is 1. The number of hydrogen-bond donors (Lipinski definition) is 2. The van der Waals surface area contributed by atoms with Gasteiger partial charge >= 0.3 is 6.03 Å². The van der Waals surface area contributed by atoms with Gasteiger partial charge in [0.2, 0.25) is 0 Å². The van der Waals surface area contributed by atoms with Crippen LogP contribution in [-0.2, 0) is 5.54 Å². The lowest BCUT2D eigenvalue weighted by Crippen LogP contribution is -2.66. The van der Waals surface area contributed by atoms with E-state index in [9.17, 15) is 27.6 Å². The maximum Gasteiger partial charge on any atom is 0.321 e. The van der Waals surface area contributed by atoms with Gasteiger partial charge in [-0.15, -0.1) is 0 Å². The number of rotatable bonds is 7. The summed E-state index contributed by atoms with van der Waals surface area (Å²) in [4.78, 5) is 28.4. The van der Waals surface area contributed by atoms with Gasteiger partial charge in [-0.1, -0.05) is 0 Å². The van der Waals surface area contributed by atoms with Crippen molar-refractivity contribution in [2.45, 2.75) is 43.4 Å². The number of carbonyl (C=O) groups is 1. The first-order chi connectivity index (χ1) is 20.3. The summed E-state index contributed by atoms with van der Waals surface area (Å²) in [5.74, 6) is -0.868. The van der Waals surface area contributed by atoms with Gasteiger partial charge in [0.1, 0.15) is 23.3 Å². The van der Waals surface area contributed by atoms with Gasteiger partial charge in [-0.05, 0) is 37.1 Å². The quantitative estimate of drug-likeness (QED) is 0.301. The monoisotopic (exact) mass is 581 g/mol. The van der Waals surface area contributed by atoms with Crippen LogP contribution in [0.25, 0.3) is 22.3 Å². The van der Waals surface area contributed by atoms with Gasteiger partial charge in [-0.2, -0.15) is 10.4 Å². The number of benzene rings is 1. The zero-order valence-electron chi connectivity index (χ0n) is 22.4. The number of nitriles is 1. The maximum atomic E-state index is 14.0. The highest BCUT2D eigenvalue weighted by molar-refractivity contribution is 5.91. The lowest BCUT2D eigenvalue weighted by Gasteiger charge is -2.53. The van der Waals surface area contributed by atoms with Gasteiger partial charge in [0.05, 0.1) is 24.4 Å². The number of halogens is 4. The van der Waals surface area contributed by atoms with E-state index in [4.69, 9.17) is 0 Å². The van der Waals surface area contributed by atoms with E-state index < -0.39 is 35.5 Å². The number of aromatic amines is 1. The number of nitrogens with one attached hydrogen (secondary N) is 2. The van der Waals surface area contributed by atoms with Crippen LogP contribution < -0.4 is 5.32 Å². The largest absolute Gasteiger partial charge is 0.346 e. The molecule has 1 aromatic carbocycles. The Morgan fingerprint density at radius 2 is 1.98 bits per heavy atom. The molecule has 0 saturated carbocycles. The molecule has 4 aromatic rings. The molecule has 3 aromatic heterocycles. The molecule has 0 radical (unpaired) electrons. The molecule has 218 valence electrons. The van der Waals surface area contributed by atoms with Gasteiger partial charge < -0.3 is 15.2 Å². The molecule has 2 saturated heterocycles. The number of amides is 2. The lowest BCUT2D eigenvalue weighted by molar-refractivity contribution is -0.0399. The number of likely N-dealkylation sites (tertiary alicyclic amines) is 2. The number of hydrogen-bond acceptors (Lipinski definition) is 6. The van der Waals surface area contributed by atoms with E-state index in [1.807, 2.05) is 16.9 Å². The Kier molecular flexibility index (Phi) is 7.28. The Morgan fingerprint density at radius 3 is 2.71 bits per heavy atom. The smallest absolute Gasteiger partial charge is 0.321 e. The molecule has 2 fully saturated rings. The summed E-state index contributed by atoms with van der Waals surface area (Å²) in [5.41, 5.74) is 1.05. The van der Waals surface area contributed by atoms with Crippen molar-refractivity contribution in [1.29, 1.82) is 5.26 Å². The number of aromatic nitrogens is 5. The first-order valence-corrected chi connectivity index (χ1v) is 13.5. The molecule has 1 atom stereocenters. The minimum Gasteiger partial charge on any atom is -0.346 e. The summed E-state index contributed by atoms with van der Waals surface area (Å²) in [6, 6.07) is 6.57. The maximum absolute atomic E-state index is 14.0. The highest BCUT2D eigenvalue weighted by Crippen LogP contribution is 2.37. The topological polar surface area (TPSA) is 119 Å². The van der Waals surface area contributed by atoms with Crippen LogP contribution in [0, 0.1) is 17.1 Å². The summed E-state index contributed by atoms with van der Waals surface area (Å²) in [6.45, 7) is 2.03. The fourth-order valence-corrected chi connectivity index (χ4v) is 5.90. The van der Waals surface area contributed by atoms with Crippen LogP contribution in [0.1, 0.15) is 31.0 Å². The summed E-state index contributed by atoms with van der Waals surface area (Å²) >= 11 is 0. The average Bonchev–Trinajstić information content (AvgIpc) is 3.66. The molecular weight excluding hydrogens is 554 g/mol. The number of anilines is 1. The average molecular weight is 582 g/mol. The van der Waals surface area contributed by atoms with E-state index in [2.05, 4.69) is 36.3 Å². The fraction of sp³-hybridized carbons (Fsp3) is 0.393. The second-order valence-electron chi connectivity index (χ2n) is 10.7. The van der Waals surface area contributed by atoms with Gasteiger partial charge in [0, 0.05) is 66.8 Å². The van der Waals surface area contributed by atoms with E-state index in [-0.39, 0.29) is 18.2 Å². The third kappa shape index (κ3) is 5.04. The van der Waals surface area contributed by atoms with Crippen LogP contribution in [-0.4, -0.2) is 79.2 Å². The van der Waals surface area contributed by atoms with Crippen molar-refractivity contribution in [1.82, 2.24) is 34.5 Å². The van der Waals surface area contributed by atoms with Crippen molar-refractivity contribution >= 4 is 22.8 Å². The van der Waals surface area contributed by atoms with Gasteiger partial charge in [0.15, 0.2) is 6.17 Å². The van der Waals surface area contributed by atoms with Gasteiger partial charge in [0.25, 0.3) is 6.43 Å². The zero-order valence-corrected chi connectivity index (χ0v) is 22.4. The van der Waals surface area contributed by atoms with Crippen molar-refractivity contribution in [3.05, 3.63) is 60.6 Å². The number of piperidine rings is 1. The van der Waals surface area contributed by atoms with Crippen LogP contribution in [0.15, 0.2) is 49.2 Å². The molecule has 0 aliphatic carbocycles. The van der Waals surface area contributed by atoms with E-state index in [0.717, 1.165) is 34.4 Å². The number of alkyl halides is 3. The Morgan fingerprint density at radius 1 is 1.19 bits per heavy atom. The van der Waals surface area contributed by atoms with Crippen LogP contribution >= 0.6 is 0 Å². The minimum atomic E-state index is -3.35. The van der Waals surface area contributed by atoms with Crippen molar-refractivity contribution in [3.8, 4) is 17.3 Å². The molecule has 2 N–H and O–H groups in total. The van der Waals surface area contributed by atoms with E-state index in [0.29, 0.717) is 45.1 Å². The number of urea groups is 1. The molecule has 0 bridgehead atoms. The molecule has 14 heteroatoms. The first-order valence-electron chi connectivity index (χ1n) is 13.5. The molecule has 10 nitrogen and oxygen atoms in total. The van der Waals surface area contributed by atoms with E-state index in [1.165, 1.54) is 11.2 Å². The minimum absolute atomic E-state index is 0.174. The third-order valence-corrected chi connectivity index (χ3v) is 8.14. The highest BCUT2D eigenvalue weighted by Gasteiger charge is 2.48. The van der Waals surface area contributed by atoms with Crippen molar-refractivity contribution in [3.63, 3.8) is 0 Å². The third-order valence-electron chi connectivity index (χ3n) is 8.14. The van der Waals surface area contributed by atoms with Crippen molar-refractivity contribution in [2.24, 2.45) is 0 Å². The molecule has 2 amide bonds. The predicted octanol–water partition coefficient (Wildman–Crippen LogP) is 4.86. The molecule has 2 aliphatic rings. The Bertz CT molecular complexity index is 1630. The summed E-state index contributed by atoms with van der Waals surface area (Å²) < 4.78 is 55.4. The molecular formula is C28H27F4N9O. The molecule has 6 rings (SSSR count). The van der Waals surface area contributed by atoms with Crippen LogP contribution in [0.4, 0.5) is 28.0 Å². The Labute approximate surface area is 238 Å². The predicted molar refractivity (Wildman–Crippen MR) is 145 cm³/mol. The molecule has 0 spiro atoms. The Balaban J connectivity index is 1.08. The standard InChI is InChI=1S/C28H27F4N9O/c29-18-1-2-22(21(11-18)23(30)25(31)32)38-27(42)39-9-4-19(5-10-39)40-14-28(15-40,6-7-33)41-13-17(12-37-41)24-20-3-8-34-26(20)36-16-35-24/h1-3,8,11-13,16,19,23,25H,4-6,9-10,14-15H2,(H,38,42)(H,34,35,36). The van der Waals surface area contributed by atoms with Crippen LogP contribution in [0.2, 0.25) is 0 Å². The van der Waals surface area contributed by atoms with E-state index >= 15 is 0 Å². The van der Waals surface area contributed by atoms with Crippen molar-refractivity contribution in [2.75, 3.05) is 31.5 Å². The highest BCUT2D eigenvalue weighted by atomic mass is 19.3. The molecule has 1 unspecified atom stereocenters. The number of carbonyl (C=O) groups excluding carboxylic acids is 1. The zero-order chi connectivity index (χ0) is 29.4. The number of nitrogens with zero attached hydrogens (tertiary/aromatic N) is 7. The summed E-state index contributed by atoms with van der Waals surface area (Å²) in [7, 11) is 0. The second-order valence-corrected chi connectivity index (χ2v) is 10.7. The summed E-state index contributed by atoms with van der Waals surface area (Å²) in [5, 5.41) is 17.6. The molecule has 2 aliphatic heterocycles. The normalized spacial score (nSPS) is 18.1. The number of H-pyrrole nitrogens is 1. The summed E-state index contributed by atoms with van der Waals surface area (Å²) in [6.07, 6.45) is 2.48. The first kappa shape index (κ1) is 27.6. The molecule has 5 heterocycles. The van der Waals surface area contributed by atoms with E-state index in [1.54, 1.807) is 12.4 Å². The van der Waals surface area contributed by atoms with Crippen molar-refractivity contribution < 1.29 is 22.4 Å². The SMILES string of the molecule is N#CCC1(n2cc(-c3ncnc4[nH]ccc34)cn2)CN(C2CCN(C(=O)Nc3ccc(F)cc3C(F)C(F)F)CC2)C1. The second kappa shape index (κ2) is 11.1. The molecule has 42 heavy (non-hydrogen) atoms. The fourth-order valence-electron chi connectivity index (χ4n) is 5.90.